The molecule has 0 aliphatic rings. The predicted octanol–water partition coefficient (Wildman–Crippen LogP) is 16.7. The molecule has 0 bridgehead atoms. The third-order valence-electron chi connectivity index (χ3n) is 13.9. The summed E-state index contributed by atoms with van der Waals surface area (Å²) in [5.41, 5.74) is 18.7. The van der Waals surface area contributed by atoms with Crippen LogP contribution < -0.4 is 0 Å². The van der Waals surface area contributed by atoms with E-state index >= 15 is 0 Å². The van der Waals surface area contributed by atoms with Crippen LogP contribution in [-0.2, 0) is 0 Å². The number of fused-ring (bicyclic) bond motifs is 6. The van der Waals surface area contributed by atoms with Crippen LogP contribution in [-0.4, -0.2) is 24.1 Å². The lowest BCUT2D eigenvalue weighted by atomic mass is 9.98. The van der Waals surface area contributed by atoms with E-state index in [1.165, 1.54) is 49.3 Å². The Balaban J connectivity index is 1.11. The molecule has 0 aliphatic heterocycles. The molecular formula is C65H45N5. The van der Waals surface area contributed by atoms with Crippen molar-refractivity contribution >= 4 is 43.6 Å². The lowest BCUT2D eigenvalue weighted by Crippen LogP contribution is -2.04. The second-order valence-electron chi connectivity index (χ2n) is 18.1. The third kappa shape index (κ3) is 6.98. The molecule has 10 aromatic carbocycles. The lowest BCUT2D eigenvalue weighted by Gasteiger charge is -2.17. The molecule has 0 atom stereocenters. The summed E-state index contributed by atoms with van der Waals surface area (Å²) in [5, 5.41) is 4.74. The first kappa shape index (κ1) is 41.0. The van der Waals surface area contributed by atoms with E-state index in [0.29, 0.717) is 17.5 Å². The van der Waals surface area contributed by atoms with Gasteiger partial charge in [-0.3, -0.25) is 0 Å². The highest BCUT2D eigenvalue weighted by Gasteiger charge is 2.23. The third-order valence-corrected chi connectivity index (χ3v) is 13.9. The Morgan fingerprint density at radius 2 is 0.729 bits per heavy atom. The monoisotopic (exact) mass is 895 g/mol. The van der Waals surface area contributed by atoms with Crippen molar-refractivity contribution in [1.29, 1.82) is 0 Å². The smallest absolute Gasteiger partial charge is 0.166 e. The quantitative estimate of drug-likeness (QED) is 0.153. The van der Waals surface area contributed by atoms with Crippen molar-refractivity contribution in [1.82, 2.24) is 24.1 Å². The number of para-hydroxylation sites is 2. The van der Waals surface area contributed by atoms with Gasteiger partial charge in [-0.2, -0.15) is 0 Å². The maximum Gasteiger partial charge on any atom is 0.166 e. The molecule has 13 rings (SSSR count). The Morgan fingerprint density at radius 3 is 1.33 bits per heavy atom. The summed E-state index contributed by atoms with van der Waals surface area (Å²) in [5.74, 6) is 1.81. The Labute approximate surface area is 406 Å². The maximum atomic E-state index is 5.41. The molecule has 0 saturated carbocycles. The molecular weight excluding hydrogens is 851 g/mol. The van der Waals surface area contributed by atoms with Crippen LogP contribution in [0.1, 0.15) is 11.1 Å². The molecule has 5 nitrogen and oxygen atoms in total. The van der Waals surface area contributed by atoms with Gasteiger partial charge in [0.25, 0.3) is 0 Å². The molecule has 0 saturated heterocycles. The van der Waals surface area contributed by atoms with Crippen LogP contribution in [0.5, 0.6) is 0 Å². The zero-order valence-corrected chi connectivity index (χ0v) is 38.8. The van der Waals surface area contributed by atoms with E-state index in [0.717, 1.165) is 66.9 Å². The van der Waals surface area contributed by atoms with Gasteiger partial charge >= 0.3 is 0 Å². The van der Waals surface area contributed by atoms with Crippen molar-refractivity contribution < 1.29 is 0 Å². The highest BCUT2D eigenvalue weighted by molar-refractivity contribution is 6.13. The molecule has 330 valence electrons. The molecule has 0 amide bonds. The molecule has 0 spiro atoms. The van der Waals surface area contributed by atoms with Crippen LogP contribution in [0, 0.1) is 13.8 Å². The topological polar surface area (TPSA) is 48.5 Å². The molecule has 70 heavy (non-hydrogen) atoms. The molecule has 13 aromatic rings. The van der Waals surface area contributed by atoms with Crippen molar-refractivity contribution in [2.75, 3.05) is 0 Å². The fourth-order valence-electron chi connectivity index (χ4n) is 10.4. The zero-order valence-electron chi connectivity index (χ0n) is 38.8. The lowest BCUT2D eigenvalue weighted by molar-refractivity contribution is 1.06. The zero-order chi connectivity index (χ0) is 46.7. The van der Waals surface area contributed by atoms with E-state index < -0.39 is 0 Å². The number of hydrogen-bond acceptors (Lipinski definition) is 3. The van der Waals surface area contributed by atoms with Crippen molar-refractivity contribution in [2.24, 2.45) is 0 Å². The molecule has 0 fully saturated rings. The number of benzene rings is 10. The Morgan fingerprint density at radius 1 is 0.271 bits per heavy atom. The predicted molar refractivity (Wildman–Crippen MR) is 291 cm³/mol. The van der Waals surface area contributed by atoms with E-state index in [2.05, 4.69) is 223 Å². The van der Waals surface area contributed by atoms with E-state index in [4.69, 9.17) is 15.0 Å². The van der Waals surface area contributed by atoms with Gasteiger partial charge in [0.15, 0.2) is 17.5 Å². The Bertz CT molecular complexity index is 3970. The normalized spacial score (nSPS) is 11.6. The summed E-state index contributed by atoms with van der Waals surface area (Å²) in [7, 11) is 0. The minimum Gasteiger partial charge on any atom is -0.309 e. The number of aryl methyl sites for hydroxylation is 2. The first-order chi connectivity index (χ1) is 34.5. The Kier molecular flexibility index (Phi) is 9.88. The van der Waals surface area contributed by atoms with Crippen molar-refractivity contribution in [3.05, 3.63) is 248 Å². The van der Waals surface area contributed by atoms with E-state index in [1.54, 1.807) is 0 Å². The molecule has 0 N–H and O–H groups in total. The maximum absolute atomic E-state index is 5.41. The first-order valence-corrected chi connectivity index (χ1v) is 23.8. The number of nitrogens with zero attached hydrogens (tertiary/aromatic N) is 5. The van der Waals surface area contributed by atoms with E-state index in [9.17, 15) is 0 Å². The molecule has 3 aromatic heterocycles. The summed E-state index contributed by atoms with van der Waals surface area (Å²) in [6, 6.07) is 84.6. The number of rotatable bonds is 8. The van der Waals surface area contributed by atoms with Gasteiger partial charge in [0.2, 0.25) is 0 Å². The van der Waals surface area contributed by atoms with Crippen LogP contribution in [0.2, 0.25) is 0 Å². The highest BCUT2D eigenvalue weighted by atomic mass is 15.1. The van der Waals surface area contributed by atoms with Gasteiger partial charge in [-0.1, -0.05) is 182 Å². The summed E-state index contributed by atoms with van der Waals surface area (Å²) in [6.45, 7) is 4.37. The summed E-state index contributed by atoms with van der Waals surface area (Å²) in [4.78, 5) is 16.0. The van der Waals surface area contributed by atoms with Crippen molar-refractivity contribution in [3.8, 4) is 78.9 Å². The molecule has 0 radical (unpaired) electrons. The minimum absolute atomic E-state index is 0.589. The summed E-state index contributed by atoms with van der Waals surface area (Å²) < 4.78 is 4.81. The summed E-state index contributed by atoms with van der Waals surface area (Å²) >= 11 is 0. The second-order valence-corrected chi connectivity index (χ2v) is 18.1. The van der Waals surface area contributed by atoms with Gasteiger partial charge in [0.05, 0.1) is 27.8 Å². The fraction of sp³-hybridized carbons (Fsp3) is 0.0308. The standard InChI is InChI=1S/C65H45N5/c1-42-18-12-14-26-51(42)48-30-34-54-55-35-31-49(52-27-15-13-19-43(52)2)41-62(55)70(61(54)40-48)60-37-33-47(46-32-36-59-56(38-46)53-28-16-17-29-58(53)69(59)50-24-10-5-11-25-50)39-57(60)65-67-63(44-20-6-3-7-21-44)66-64(68-65)45-22-8-4-9-23-45/h3-41H,1-2H3. The number of hydrogen-bond donors (Lipinski definition) is 0. The van der Waals surface area contributed by atoms with Gasteiger partial charge in [-0.05, 0) is 113 Å². The van der Waals surface area contributed by atoms with Gasteiger partial charge < -0.3 is 9.13 Å². The van der Waals surface area contributed by atoms with Crippen LogP contribution in [0.4, 0.5) is 0 Å². The van der Waals surface area contributed by atoms with Crippen LogP contribution in [0.3, 0.4) is 0 Å². The molecule has 0 unspecified atom stereocenters. The van der Waals surface area contributed by atoms with Crippen LogP contribution in [0.15, 0.2) is 237 Å². The van der Waals surface area contributed by atoms with E-state index in [-0.39, 0.29) is 0 Å². The second kappa shape index (κ2) is 16.8. The van der Waals surface area contributed by atoms with Gasteiger partial charge in [0, 0.05) is 43.9 Å². The Hall–Kier alpha value is -9.19. The highest BCUT2D eigenvalue weighted by Crippen LogP contribution is 2.42. The number of aromatic nitrogens is 5. The minimum atomic E-state index is 0.589. The average molecular weight is 896 g/mol. The SMILES string of the molecule is Cc1ccccc1-c1ccc2c3ccc(-c4ccccc4C)cc3n(-c3ccc(-c4ccc5c(c4)c4ccccc4n5-c4ccccc4)cc3-c3nc(-c4ccccc4)nc(-c4ccccc4)n3)c2c1. The largest absolute Gasteiger partial charge is 0.309 e. The van der Waals surface area contributed by atoms with Gasteiger partial charge in [0.1, 0.15) is 0 Å². The van der Waals surface area contributed by atoms with Crippen LogP contribution >= 0.6 is 0 Å². The van der Waals surface area contributed by atoms with E-state index in [1.807, 2.05) is 36.4 Å². The molecule has 0 aliphatic carbocycles. The van der Waals surface area contributed by atoms with Crippen molar-refractivity contribution in [3.63, 3.8) is 0 Å². The first-order valence-electron chi connectivity index (χ1n) is 23.8. The molecule has 5 heteroatoms. The van der Waals surface area contributed by atoms with Gasteiger partial charge in [-0.25, -0.2) is 15.0 Å². The fourth-order valence-corrected chi connectivity index (χ4v) is 10.4. The van der Waals surface area contributed by atoms with Gasteiger partial charge in [-0.15, -0.1) is 0 Å². The van der Waals surface area contributed by atoms with Crippen LogP contribution in [0.25, 0.3) is 123 Å². The average Bonchev–Trinajstić information content (AvgIpc) is 3.93. The summed E-state index contributed by atoms with van der Waals surface area (Å²) in [6.07, 6.45) is 0. The van der Waals surface area contributed by atoms with Crippen molar-refractivity contribution in [2.45, 2.75) is 13.8 Å². The molecule has 3 heterocycles.